The van der Waals surface area contributed by atoms with Gasteiger partial charge in [-0.05, 0) is 44.1 Å². The highest BCUT2D eigenvalue weighted by Gasteiger charge is 2.13. The van der Waals surface area contributed by atoms with Crippen molar-refractivity contribution in [1.82, 2.24) is 4.31 Å². The molecule has 0 N–H and O–H groups in total. The number of hydrogen-bond donors (Lipinski definition) is 0. The fourth-order valence-corrected chi connectivity index (χ4v) is 2.52. The van der Waals surface area contributed by atoms with Gasteiger partial charge in [0.15, 0.2) is 0 Å². The minimum Gasteiger partial charge on any atom is -0.497 e. The molecule has 0 spiro atoms. The summed E-state index contributed by atoms with van der Waals surface area (Å²) in [6, 6.07) is 4.03. The largest absolute Gasteiger partial charge is 0.497 e. The Hall–Kier alpha value is -0.870. The molecule has 17 heavy (non-hydrogen) atoms. The van der Waals surface area contributed by atoms with E-state index < -0.39 is 0 Å². The Bertz CT molecular complexity index is 367. The second kappa shape index (κ2) is 6.77. The smallest absolute Gasteiger partial charge is 0.137 e. The SMILES string of the molecule is CCCc1cc(OC)cc(OC)c1SN(C)C. The van der Waals surface area contributed by atoms with Crippen LogP contribution in [-0.4, -0.2) is 32.6 Å². The summed E-state index contributed by atoms with van der Waals surface area (Å²) in [6.07, 6.45) is 2.14. The molecule has 0 saturated carbocycles. The molecule has 1 aromatic rings. The second-order valence-corrected chi connectivity index (χ2v) is 5.29. The normalized spacial score (nSPS) is 10.7. The van der Waals surface area contributed by atoms with Crippen molar-refractivity contribution < 1.29 is 9.47 Å². The number of methoxy groups -OCH3 is 2. The first-order valence-corrected chi connectivity index (χ1v) is 6.49. The monoisotopic (exact) mass is 255 g/mol. The molecular weight excluding hydrogens is 234 g/mol. The average Bonchev–Trinajstić information content (AvgIpc) is 2.30. The Morgan fingerprint density at radius 3 is 2.35 bits per heavy atom. The Balaban J connectivity index is 3.19. The standard InChI is InChI=1S/C13H21NO2S/c1-6-7-10-8-11(15-4)9-12(16-5)13(10)17-14(2)3/h8-9H,6-7H2,1-5H3. The number of nitrogens with zero attached hydrogens (tertiary/aromatic N) is 1. The molecule has 1 rings (SSSR count). The van der Waals surface area contributed by atoms with Crippen LogP contribution in [0.4, 0.5) is 0 Å². The predicted octanol–water partition coefficient (Wildman–Crippen LogP) is 3.23. The Labute approximate surface area is 108 Å². The first-order chi connectivity index (χ1) is 8.12. The maximum absolute atomic E-state index is 5.45. The number of aryl methyl sites for hydroxylation is 1. The van der Waals surface area contributed by atoms with Gasteiger partial charge in [-0.15, -0.1) is 0 Å². The molecule has 96 valence electrons. The molecule has 0 unspecified atom stereocenters. The molecule has 0 aliphatic carbocycles. The predicted molar refractivity (Wildman–Crippen MR) is 73.1 cm³/mol. The summed E-state index contributed by atoms with van der Waals surface area (Å²) < 4.78 is 12.8. The number of ether oxygens (including phenoxy) is 2. The van der Waals surface area contributed by atoms with E-state index in [4.69, 9.17) is 9.47 Å². The lowest BCUT2D eigenvalue weighted by Gasteiger charge is -2.17. The summed E-state index contributed by atoms with van der Waals surface area (Å²) in [6.45, 7) is 2.18. The molecule has 0 bridgehead atoms. The van der Waals surface area contributed by atoms with E-state index in [0.29, 0.717) is 0 Å². The van der Waals surface area contributed by atoms with Gasteiger partial charge in [-0.2, -0.15) is 0 Å². The zero-order valence-corrected chi connectivity index (χ0v) is 12.1. The van der Waals surface area contributed by atoms with Gasteiger partial charge >= 0.3 is 0 Å². The van der Waals surface area contributed by atoms with Crippen LogP contribution in [0.15, 0.2) is 17.0 Å². The molecule has 3 nitrogen and oxygen atoms in total. The second-order valence-electron chi connectivity index (χ2n) is 3.97. The summed E-state index contributed by atoms with van der Waals surface area (Å²) >= 11 is 1.69. The van der Waals surface area contributed by atoms with E-state index in [1.165, 1.54) is 10.5 Å². The maximum Gasteiger partial charge on any atom is 0.137 e. The minimum atomic E-state index is 0.855. The maximum atomic E-state index is 5.45. The van der Waals surface area contributed by atoms with Gasteiger partial charge in [0.1, 0.15) is 11.5 Å². The highest BCUT2D eigenvalue weighted by atomic mass is 32.2. The van der Waals surface area contributed by atoms with Gasteiger partial charge in [-0.3, -0.25) is 4.31 Å². The van der Waals surface area contributed by atoms with Crippen LogP contribution in [0.3, 0.4) is 0 Å². The quantitative estimate of drug-likeness (QED) is 0.728. The van der Waals surface area contributed by atoms with Gasteiger partial charge in [-0.25, -0.2) is 0 Å². The third kappa shape index (κ3) is 3.82. The Kier molecular flexibility index (Phi) is 5.65. The fraction of sp³-hybridized carbons (Fsp3) is 0.538. The zero-order chi connectivity index (χ0) is 12.8. The Morgan fingerprint density at radius 2 is 1.88 bits per heavy atom. The van der Waals surface area contributed by atoms with Crippen LogP contribution in [0.1, 0.15) is 18.9 Å². The van der Waals surface area contributed by atoms with Crippen molar-refractivity contribution >= 4 is 11.9 Å². The van der Waals surface area contributed by atoms with Crippen molar-refractivity contribution in [3.8, 4) is 11.5 Å². The van der Waals surface area contributed by atoms with Crippen molar-refractivity contribution in [1.29, 1.82) is 0 Å². The molecular formula is C13H21NO2S. The van der Waals surface area contributed by atoms with Gasteiger partial charge in [0.25, 0.3) is 0 Å². The Morgan fingerprint density at radius 1 is 1.18 bits per heavy atom. The summed E-state index contributed by atoms with van der Waals surface area (Å²) in [5.41, 5.74) is 1.28. The number of hydrogen-bond acceptors (Lipinski definition) is 4. The fourth-order valence-electron chi connectivity index (χ4n) is 1.64. The topological polar surface area (TPSA) is 21.7 Å². The van der Waals surface area contributed by atoms with Crippen LogP contribution in [-0.2, 0) is 6.42 Å². The van der Waals surface area contributed by atoms with E-state index in [9.17, 15) is 0 Å². The van der Waals surface area contributed by atoms with Crippen LogP contribution in [0.25, 0.3) is 0 Å². The number of benzene rings is 1. The molecule has 0 atom stereocenters. The molecule has 0 radical (unpaired) electrons. The van der Waals surface area contributed by atoms with Gasteiger partial charge in [-0.1, -0.05) is 13.3 Å². The molecule has 0 aliphatic rings. The van der Waals surface area contributed by atoms with Gasteiger partial charge in [0.2, 0.25) is 0 Å². The first-order valence-electron chi connectivity index (χ1n) is 5.72. The first kappa shape index (κ1) is 14.2. The highest BCUT2D eigenvalue weighted by molar-refractivity contribution is 7.97. The zero-order valence-electron chi connectivity index (χ0n) is 11.2. The molecule has 0 saturated heterocycles. The molecule has 0 amide bonds. The van der Waals surface area contributed by atoms with Gasteiger partial charge < -0.3 is 9.47 Å². The van der Waals surface area contributed by atoms with Crippen LogP contribution in [0.5, 0.6) is 11.5 Å². The molecule has 0 heterocycles. The van der Waals surface area contributed by atoms with E-state index in [1.807, 2.05) is 20.2 Å². The van der Waals surface area contributed by atoms with E-state index in [2.05, 4.69) is 17.3 Å². The van der Waals surface area contributed by atoms with E-state index >= 15 is 0 Å². The van der Waals surface area contributed by atoms with Gasteiger partial charge in [0, 0.05) is 6.07 Å². The van der Waals surface area contributed by atoms with Crippen molar-refractivity contribution in [2.45, 2.75) is 24.7 Å². The molecule has 0 aromatic heterocycles. The average molecular weight is 255 g/mol. The minimum absolute atomic E-state index is 0.855. The lowest BCUT2D eigenvalue weighted by molar-refractivity contribution is 0.385. The summed E-state index contributed by atoms with van der Waals surface area (Å²) in [4.78, 5) is 1.18. The molecule has 0 aliphatic heterocycles. The van der Waals surface area contributed by atoms with Crippen LogP contribution in [0, 0.1) is 0 Å². The molecule has 4 heteroatoms. The van der Waals surface area contributed by atoms with Crippen molar-refractivity contribution in [3.05, 3.63) is 17.7 Å². The van der Waals surface area contributed by atoms with Crippen LogP contribution in [0.2, 0.25) is 0 Å². The third-order valence-electron chi connectivity index (χ3n) is 2.35. The molecule has 1 aromatic carbocycles. The summed E-state index contributed by atoms with van der Waals surface area (Å²) in [7, 11) is 7.45. The third-order valence-corrected chi connectivity index (χ3v) is 3.37. The lowest BCUT2D eigenvalue weighted by atomic mass is 10.1. The van der Waals surface area contributed by atoms with E-state index in [0.717, 1.165) is 24.3 Å². The summed E-state index contributed by atoms with van der Waals surface area (Å²) in [5.74, 6) is 1.74. The summed E-state index contributed by atoms with van der Waals surface area (Å²) in [5, 5.41) is 0. The van der Waals surface area contributed by atoms with Crippen molar-refractivity contribution in [2.75, 3.05) is 28.3 Å². The highest BCUT2D eigenvalue weighted by Crippen LogP contribution is 2.37. The number of rotatable bonds is 6. The van der Waals surface area contributed by atoms with Gasteiger partial charge in [0.05, 0.1) is 19.1 Å². The van der Waals surface area contributed by atoms with Crippen LogP contribution < -0.4 is 9.47 Å². The molecule has 0 fully saturated rings. The van der Waals surface area contributed by atoms with Crippen LogP contribution >= 0.6 is 11.9 Å². The lowest BCUT2D eigenvalue weighted by Crippen LogP contribution is -2.03. The van der Waals surface area contributed by atoms with E-state index in [-0.39, 0.29) is 0 Å². The van der Waals surface area contributed by atoms with Crippen molar-refractivity contribution in [3.63, 3.8) is 0 Å². The van der Waals surface area contributed by atoms with Crippen molar-refractivity contribution in [2.24, 2.45) is 0 Å². The van der Waals surface area contributed by atoms with E-state index in [1.54, 1.807) is 26.2 Å².